The summed E-state index contributed by atoms with van der Waals surface area (Å²) in [5.74, 6) is 0.805. The fourth-order valence-corrected chi connectivity index (χ4v) is 2.52. The number of nitrogens with zero attached hydrogens (tertiary/aromatic N) is 1. The Morgan fingerprint density at radius 3 is 2.17 bits per heavy atom. The molecule has 0 bridgehead atoms. The van der Waals surface area contributed by atoms with Gasteiger partial charge in [-0.15, -0.1) is 0 Å². The van der Waals surface area contributed by atoms with Gasteiger partial charge in [0.15, 0.2) is 0 Å². The molecule has 1 aromatic rings. The number of hydrazone groups is 1. The average molecular weight is 332 g/mol. The van der Waals surface area contributed by atoms with Crippen molar-refractivity contribution < 1.29 is 9.53 Å². The lowest BCUT2D eigenvalue weighted by atomic mass is 10.1. The first-order chi connectivity index (χ1) is 11.7. The molecule has 1 amide bonds. The lowest BCUT2D eigenvalue weighted by Gasteiger charge is -2.05. The number of benzene rings is 1. The van der Waals surface area contributed by atoms with Crippen molar-refractivity contribution in [2.45, 2.75) is 71.6 Å². The topological polar surface area (TPSA) is 50.7 Å². The number of methoxy groups -OCH3 is 1. The summed E-state index contributed by atoms with van der Waals surface area (Å²) in [5.41, 5.74) is 4.41. The highest BCUT2D eigenvalue weighted by atomic mass is 16.5. The number of unbranched alkanes of at least 4 members (excludes halogenated alkanes) is 7. The van der Waals surface area contributed by atoms with Gasteiger partial charge in [0.05, 0.1) is 12.8 Å². The highest BCUT2D eigenvalue weighted by Gasteiger charge is 2.02. The summed E-state index contributed by atoms with van der Waals surface area (Å²) in [6.45, 7) is 4.12. The fourth-order valence-electron chi connectivity index (χ4n) is 2.52. The summed E-state index contributed by atoms with van der Waals surface area (Å²) in [4.78, 5) is 11.8. The number of ether oxygens (including phenoxy) is 1. The molecule has 4 heteroatoms. The van der Waals surface area contributed by atoms with Gasteiger partial charge in [0.2, 0.25) is 5.91 Å². The second kappa shape index (κ2) is 12.6. The molecule has 134 valence electrons. The molecule has 1 N–H and O–H groups in total. The lowest BCUT2D eigenvalue weighted by molar-refractivity contribution is -0.121. The Morgan fingerprint density at radius 2 is 1.58 bits per heavy atom. The van der Waals surface area contributed by atoms with E-state index in [2.05, 4.69) is 17.5 Å². The van der Waals surface area contributed by atoms with Crippen LogP contribution in [0.2, 0.25) is 0 Å². The lowest BCUT2D eigenvalue weighted by Crippen LogP contribution is -2.18. The van der Waals surface area contributed by atoms with Crippen molar-refractivity contribution in [2.75, 3.05) is 7.11 Å². The summed E-state index contributed by atoms with van der Waals surface area (Å²) in [6, 6.07) is 7.64. The van der Waals surface area contributed by atoms with Gasteiger partial charge in [-0.1, -0.05) is 51.9 Å². The third-order valence-electron chi connectivity index (χ3n) is 4.11. The highest BCUT2D eigenvalue weighted by Crippen LogP contribution is 2.12. The van der Waals surface area contributed by atoms with Gasteiger partial charge in [-0.25, -0.2) is 5.43 Å². The molecule has 24 heavy (non-hydrogen) atoms. The third-order valence-corrected chi connectivity index (χ3v) is 4.11. The van der Waals surface area contributed by atoms with Gasteiger partial charge in [-0.3, -0.25) is 4.79 Å². The maximum Gasteiger partial charge on any atom is 0.240 e. The van der Waals surface area contributed by atoms with E-state index in [1.165, 1.54) is 38.5 Å². The SMILES string of the molecule is CCCCCCCCCCC(=O)NN=C(C)c1ccc(OC)cc1. The molecule has 0 aliphatic rings. The second-order valence-corrected chi connectivity index (χ2v) is 6.19. The average Bonchev–Trinajstić information content (AvgIpc) is 2.62. The van der Waals surface area contributed by atoms with Gasteiger partial charge in [-0.2, -0.15) is 5.10 Å². The number of carbonyl (C=O) groups is 1. The van der Waals surface area contributed by atoms with Crippen LogP contribution in [0.15, 0.2) is 29.4 Å². The highest BCUT2D eigenvalue weighted by molar-refractivity contribution is 5.99. The third kappa shape index (κ3) is 8.70. The normalized spacial score (nSPS) is 11.4. The van der Waals surface area contributed by atoms with E-state index < -0.39 is 0 Å². The van der Waals surface area contributed by atoms with E-state index in [9.17, 15) is 4.79 Å². The van der Waals surface area contributed by atoms with Gasteiger partial charge < -0.3 is 4.74 Å². The zero-order valence-corrected chi connectivity index (χ0v) is 15.4. The minimum Gasteiger partial charge on any atom is -0.497 e. The Morgan fingerprint density at radius 1 is 1.00 bits per heavy atom. The van der Waals surface area contributed by atoms with Crippen molar-refractivity contribution in [3.63, 3.8) is 0 Å². The van der Waals surface area contributed by atoms with E-state index in [-0.39, 0.29) is 5.91 Å². The van der Waals surface area contributed by atoms with Crippen LogP contribution in [0, 0.1) is 0 Å². The Hall–Kier alpha value is -1.84. The molecule has 0 heterocycles. The molecule has 0 unspecified atom stereocenters. The largest absolute Gasteiger partial charge is 0.497 e. The number of rotatable bonds is 12. The predicted octanol–water partition coefficient (Wildman–Crippen LogP) is 5.07. The van der Waals surface area contributed by atoms with Crippen LogP contribution in [-0.2, 0) is 4.79 Å². The smallest absolute Gasteiger partial charge is 0.240 e. The number of hydrogen-bond donors (Lipinski definition) is 1. The Labute approximate surface area is 146 Å². The molecular weight excluding hydrogens is 300 g/mol. The monoisotopic (exact) mass is 332 g/mol. The summed E-state index contributed by atoms with van der Waals surface area (Å²) in [6.07, 6.45) is 10.4. The standard InChI is InChI=1S/C20H32N2O2/c1-4-5-6-7-8-9-10-11-12-20(23)22-21-17(2)18-13-15-19(24-3)16-14-18/h13-16H,4-12H2,1-3H3,(H,22,23). The summed E-state index contributed by atoms with van der Waals surface area (Å²) < 4.78 is 5.13. The van der Waals surface area contributed by atoms with E-state index >= 15 is 0 Å². The van der Waals surface area contributed by atoms with Crippen molar-refractivity contribution in [1.82, 2.24) is 5.43 Å². The molecule has 1 aromatic carbocycles. The molecule has 0 aliphatic carbocycles. The molecule has 0 fully saturated rings. The molecular formula is C20H32N2O2. The van der Waals surface area contributed by atoms with Crippen molar-refractivity contribution in [3.05, 3.63) is 29.8 Å². The van der Waals surface area contributed by atoms with Crippen LogP contribution in [0.25, 0.3) is 0 Å². The van der Waals surface area contributed by atoms with Crippen LogP contribution in [0.1, 0.15) is 77.2 Å². The van der Waals surface area contributed by atoms with Crippen molar-refractivity contribution in [2.24, 2.45) is 5.10 Å². The molecule has 0 saturated carbocycles. The Bertz CT molecular complexity index is 495. The van der Waals surface area contributed by atoms with Gasteiger partial charge in [0.1, 0.15) is 5.75 Å². The quantitative estimate of drug-likeness (QED) is 0.330. The van der Waals surface area contributed by atoms with E-state index in [0.717, 1.165) is 29.9 Å². The maximum atomic E-state index is 11.8. The van der Waals surface area contributed by atoms with Gasteiger partial charge in [0, 0.05) is 6.42 Å². The first-order valence-corrected chi connectivity index (χ1v) is 9.15. The van der Waals surface area contributed by atoms with Gasteiger partial charge >= 0.3 is 0 Å². The number of nitrogens with one attached hydrogen (secondary N) is 1. The summed E-state index contributed by atoms with van der Waals surface area (Å²) in [5, 5.41) is 4.17. The maximum absolute atomic E-state index is 11.8. The van der Waals surface area contributed by atoms with Crippen LogP contribution >= 0.6 is 0 Å². The molecule has 0 aliphatic heterocycles. The van der Waals surface area contributed by atoms with Crippen molar-refractivity contribution in [3.8, 4) is 5.75 Å². The van der Waals surface area contributed by atoms with E-state index in [4.69, 9.17) is 4.74 Å². The van der Waals surface area contributed by atoms with Crippen LogP contribution in [0.5, 0.6) is 5.75 Å². The molecule has 0 spiro atoms. The summed E-state index contributed by atoms with van der Waals surface area (Å²) in [7, 11) is 1.64. The van der Waals surface area contributed by atoms with E-state index in [1.54, 1.807) is 7.11 Å². The van der Waals surface area contributed by atoms with E-state index in [0.29, 0.717) is 6.42 Å². The van der Waals surface area contributed by atoms with Gasteiger partial charge in [0.25, 0.3) is 0 Å². The minimum atomic E-state index is -0.00570. The molecule has 0 aromatic heterocycles. The minimum absolute atomic E-state index is 0.00570. The molecule has 0 atom stereocenters. The number of amides is 1. The Kier molecular flexibility index (Phi) is 10.6. The second-order valence-electron chi connectivity index (χ2n) is 6.19. The number of carbonyl (C=O) groups excluding carboxylic acids is 1. The molecule has 4 nitrogen and oxygen atoms in total. The fraction of sp³-hybridized carbons (Fsp3) is 0.600. The summed E-state index contributed by atoms with van der Waals surface area (Å²) >= 11 is 0. The number of hydrogen-bond acceptors (Lipinski definition) is 3. The molecule has 1 rings (SSSR count). The van der Waals surface area contributed by atoms with Crippen LogP contribution in [0.3, 0.4) is 0 Å². The zero-order chi connectivity index (χ0) is 17.6. The van der Waals surface area contributed by atoms with E-state index in [1.807, 2.05) is 31.2 Å². The Balaban J connectivity index is 2.17. The molecule has 0 radical (unpaired) electrons. The van der Waals surface area contributed by atoms with Gasteiger partial charge in [-0.05, 0) is 43.2 Å². The van der Waals surface area contributed by atoms with Crippen LogP contribution in [-0.4, -0.2) is 18.7 Å². The van der Waals surface area contributed by atoms with Crippen LogP contribution < -0.4 is 10.2 Å². The first kappa shape index (κ1) is 20.2. The van der Waals surface area contributed by atoms with Crippen molar-refractivity contribution in [1.29, 1.82) is 0 Å². The predicted molar refractivity (Wildman–Crippen MR) is 101 cm³/mol. The zero-order valence-electron chi connectivity index (χ0n) is 15.4. The van der Waals surface area contributed by atoms with Crippen molar-refractivity contribution >= 4 is 11.6 Å². The molecule has 0 saturated heterocycles. The first-order valence-electron chi connectivity index (χ1n) is 9.15. The van der Waals surface area contributed by atoms with Crippen LogP contribution in [0.4, 0.5) is 0 Å².